The molecule has 1 fully saturated rings. The lowest BCUT2D eigenvalue weighted by atomic mass is 9.99. The molecule has 0 radical (unpaired) electrons. The smallest absolute Gasteiger partial charge is 0.326 e. The maximum atomic E-state index is 11.5. The van der Waals surface area contributed by atoms with E-state index in [-0.39, 0.29) is 18.4 Å². The highest BCUT2D eigenvalue weighted by atomic mass is 16.4. The van der Waals surface area contributed by atoms with E-state index in [1.54, 1.807) is 0 Å². The van der Waals surface area contributed by atoms with Gasteiger partial charge in [0, 0.05) is 0 Å². The number of carbonyl (C=O) groups is 2. The number of carboxylic acid groups (broad SMARTS) is 1. The minimum atomic E-state index is -0.963. The summed E-state index contributed by atoms with van der Waals surface area (Å²) in [7, 11) is 0. The highest BCUT2D eigenvalue weighted by Crippen LogP contribution is 2.27. The minimum absolute atomic E-state index is 0.0557. The fourth-order valence-electron chi connectivity index (χ4n) is 1.62. The van der Waals surface area contributed by atoms with Crippen molar-refractivity contribution >= 4 is 11.9 Å². The fraction of sp³-hybridized carbons (Fsp3) is 0.833. The van der Waals surface area contributed by atoms with Gasteiger partial charge in [0.25, 0.3) is 0 Å². The first-order chi connectivity index (χ1) is 8.04. The molecule has 1 saturated carbocycles. The van der Waals surface area contributed by atoms with Gasteiger partial charge in [-0.2, -0.15) is 0 Å². The Balaban J connectivity index is 2.26. The molecule has 0 aromatic heterocycles. The molecule has 0 heterocycles. The molecule has 1 aliphatic carbocycles. The third-order valence-electron chi connectivity index (χ3n) is 3.21. The van der Waals surface area contributed by atoms with Gasteiger partial charge in [-0.25, -0.2) is 4.79 Å². The zero-order valence-corrected chi connectivity index (χ0v) is 10.5. The second-order valence-corrected chi connectivity index (χ2v) is 4.84. The van der Waals surface area contributed by atoms with Crippen LogP contribution in [-0.2, 0) is 9.59 Å². The molecule has 0 aromatic rings. The van der Waals surface area contributed by atoms with Crippen molar-refractivity contribution in [2.75, 3.05) is 13.1 Å². The number of hydrogen-bond donors (Lipinski definition) is 3. The van der Waals surface area contributed by atoms with Crippen molar-refractivity contribution in [2.24, 2.45) is 11.8 Å². The lowest BCUT2D eigenvalue weighted by Gasteiger charge is -2.20. The summed E-state index contributed by atoms with van der Waals surface area (Å²) >= 11 is 0. The van der Waals surface area contributed by atoms with E-state index >= 15 is 0 Å². The number of nitrogens with one attached hydrogen (secondary N) is 2. The van der Waals surface area contributed by atoms with Crippen LogP contribution < -0.4 is 10.6 Å². The Kier molecular flexibility index (Phi) is 5.41. The Bertz CT molecular complexity index is 277. The Morgan fingerprint density at radius 1 is 1.41 bits per heavy atom. The standard InChI is InChI=1S/C12H22N2O3/c1-3-8(2)11(12(16)17)14-10(15)7-13-6-9-4-5-9/h8-9,11,13H,3-7H2,1-2H3,(H,14,15)(H,16,17). The van der Waals surface area contributed by atoms with Gasteiger partial charge in [0.2, 0.25) is 5.91 Å². The van der Waals surface area contributed by atoms with E-state index in [1.165, 1.54) is 12.8 Å². The van der Waals surface area contributed by atoms with E-state index in [4.69, 9.17) is 5.11 Å². The van der Waals surface area contributed by atoms with Crippen molar-refractivity contribution in [3.05, 3.63) is 0 Å². The maximum absolute atomic E-state index is 11.5. The molecule has 5 nitrogen and oxygen atoms in total. The number of carbonyl (C=O) groups excluding carboxylic acids is 1. The van der Waals surface area contributed by atoms with Gasteiger partial charge < -0.3 is 15.7 Å². The average molecular weight is 242 g/mol. The van der Waals surface area contributed by atoms with Crippen molar-refractivity contribution in [3.63, 3.8) is 0 Å². The van der Waals surface area contributed by atoms with Gasteiger partial charge in [-0.3, -0.25) is 4.79 Å². The number of carboxylic acids is 1. The first kappa shape index (κ1) is 14.0. The third kappa shape index (κ3) is 5.17. The summed E-state index contributed by atoms with van der Waals surface area (Å²) in [6.45, 7) is 4.81. The summed E-state index contributed by atoms with van der Waals surface area (Å²) in [6.07, 6.45) is 3.20. The minimum Gasteiger partial charge on any atom is -0.480 e. The number of rotatable bonds is 8. The molecular weight excluding hydrogens is 220 g/mol. The quantitative estimate of drug-likeness (QED) is 0.582. The molecule has 3 N–H and O–H groups in total. The molecule has 1 aliphatic rings. The Hall–Kier alpha value is -1.10. The van der Waals surface area contributed by atoms with Crippen LogP contribution in [0, 0.1) is 11.8 Å². The lowest BCUT2D eigenvalue weighted by molar-refractivity contribution is -0.143. The zero-order chi connectivity index (χ0) is 12.8. The molecule has 5 heteroatoms. The second kappa shape index (κ2) is 6.59. The topological polar surface area (TPSA) is 78.4 Å². The largest absolute Gasteiger partial charge is 0.480 e. The monoisotopic (exact) mass is 242 g/mol. The SMILES string of the molecule is CCC(C)C(NC(=O)CNCC1CC1)C(=O)O. The van der Waals surface area contributed by atoms with Crippen LogP contribution in [0.25, 0.3) is 0 Å². The van der Waals surface area contributed by atoms with Crippen LogP contribution in [0.1, 0.15) is 33.1 Å². The molecule has 0 spiro atoms. The van der Waals surface area contributed by atoms with E-state index in [2.05, 4.69) is 10.6 Å². The van der Waals surface area contributed by atoms with Gasteiger partial charge in [-0.15, -0.1) is 0 Å². The molecule has 0 saturated heterocycles. The number of amides is 1. The number of aliphatic carboxylic acids is 1. The molecule has 1 rings (SSSR count). The molecule has 0 aromatic carbocycles. The van der Waals surface area contributed by atoms with Crippen LogP contribution in [0.5, 0.6) is 0 Å². The van der Waals surface area contributed by atoms with Crippen LogP contribution in [0.15, 0.2) is 0 Å². The Morgan fingerprint density at radius 2 is 2.06 bits per heavy atom. The summed E-state index contributed by atoms with van der Waals surface area (Å²) in [6, 6.07) is -0.782. The van der Waals surface area contributed by atoms with Crippen LogP contribution in [0.4, 0.5) is 0 Å². The van der Waals surface area contributed by atoms with Crippen molar-refractivity contribution in [1.29, 1.82) is 0 Å². The Labute approximate surface area is 102 Å². The van der Waals surface area contributed by atoms with E-state index in [9.17, 15) is 9.59 Å². The fourth-order valence-corrected chi connectivity index (χ4v) is 1.62. The van der Waals surface area contributed by atoms with Gasteiger partial charge in [-0.05, 0) is 31.2 Å². The summed E-state index contributed by atoms with van der Waals surface area (Å²) in [5.74, 6) is -0.541. The van der Waals surface area contributed by atoms with Gasteiger partial charge >= 0.3 is 5.97 Å². The molecule has 2 atom stereocenters. The predicted octanol–water partition coefficient (Wildman–Crippen LogP) is 0.601. The van der Waals surface area contributed by atoms with Crippen LogP contribution in [-0.4, -0.2) is 36.1 Å². The highest BCUT2D eigenvalue weighted by Gasteiger charge is 2.25. The van der Waals surface area contributed by atoms with Crippen molar-refractivity contribution < 1.29 is 14.7 Å². The van der Waals surface area contributed by atoms with Crippen LogP contribution in [0.2, 0.25) is 0 Å². The summed E-state index contributed by atoms with van der Waals surface area (Å²) in [5.41, 5.74) is 0. The molecular formula is C12H22N2O3. The predicted molar refractivity (Wildman–Crippen MR) is 64.6 cm³/mol. The first-order valence-corrected chi connectivity index (χ1v) is 6.27. The molecule has 2 unspecified atom stereocenters. The van der Waals surface area contributed by atoms with Crippen molar-refractivity contribution in [2.45, 2.75) is 39.2 Å². The maximum Gasteiger partial charge on any atom is 0.326 e. The van der Waals surface area contributed by atoms with Crippen LogP contribution in [0.3, 0.4) is 0 Å². The summed E-state index contributed by atoms with van der Waals surface area (Å²) in [4.78, 5) is 22.5. The third-order valence-corrected chi connectivity index (χ3v) is 3.21. The van der Waals surface area contributed by atoms with Gasteiger partial charge in [0.1, 0.15) is 6.04 Å². The van der Waals surface area contributed by atoms with Crippen LogP contribution >= 0.6 is 0 Å². The lowest BCUT2D eigenvalue weighted by Crippen LogP contribution is -2.48. The summed E-state index contributed by atoms with van der Waals surface area (Å²) < 4.78 is 0. The molecule has 0 aliphatic heterocycles. The molecule has 0 bridgehead atoms. The number of hydrogen-bond acceptors (Lipinski definition) is 3. The van der Waals surface area contributed by atoms with E-state index < -0.39 is 12.0 Å². The van der Waals surface area contributed by atoms with E-state index in [0.29, 0.717) is 5.92 Å². The molecule has 98 valence electrons. The normalized spacial score (nSPS) is 18.5. The van der Waals surface area contributed by atoms with Crippen molar-refractivity contribution in [3.8, 4) is 0 Å². The first-order valence-electron chi connectivity index (χ1n) is 6.27. The highest BCUT2D eigenvalue weighted by molar-refractivity contribution is 5.84. The Morgan fingerprint density at radius 3 is 2.53 bits per heavy atom. The van der Waals surface area contributed by atoms with Gasteiger partial charge in [-0.1, -0.05) is 20.3 Å². The van der Waals surface area contributed by atoms with E-state index in [0.717, 1.165) is 13.0 Å². The second-order valence-electron chi connectivity index (χ2n) is 4.84. The summed E-state index contributed by atoms with van der Waals surface area (Å²) in [5, 5.41) is 14.6. The van der Waals surface area contributed by atoms with Gasteiger partial charge in [0.15, 0.2) is 0 Å². The van der Waals surface area contributed by atoms with Gasteiger partial charge in [0.05, 0.1) is 6.54 Å². The zero-order valence-electron chi connectivity index (χ0n) is 10.5. The average Bonchev–Trinajstić information content (AvgIpc) is 3.08. The van der Waals surface area contributed by atoms with E-state index in [1.807, 2.05) is 13.8 Å². The van der Waals surface area contributed by atoms with Crippen molar-refractivity contribution in [1.82, 2.24) is 10.6 Å². The molecule has 17 heavy (non-hydrogen) atoms. The molecule has 1 amide bonds.